The van der Waals surface area contributed by atoms with E-state index in [1.54, 1.807) is 19.1 Å². The van der Waals surface area contributed by atoms with Crippen LogP contribution in [0.5, 0.6) is 0 Å². The molecule has 0 bridgehead atoms. The molecule has 0 saturated heterocycles. The fraction of sp³-hybridized carbons (Fsp3) is 0.350. The molecule has 0 atom stereocenters. The minimum Gasteiger partial charge on any atom is -0.354 e. The van der Waals surface area contributed by atoms with Gasteiger partial charge in [-0.15, -0.1) is 0 Å². The predicted octanol–water partition coefficient (Wildman–Crippen LogP) is 2.07. The number of hydrogen-bond acceptors (Lipinski definition) is 3. The molecule has 0 radical (unpaired) electrons. The lowest BCUT2D eigenvalue weighted by molar-refractivity contribution is -0.120. The summed E-state index contributed by atoms with van der Waals surface area (Å²) in [4.78, 5) is 39.3. The molecule has 27 heavy (non-hydrogen) atoms. The van der Waals surface area contributed by atoms with Gasteiger partial charge in [0.1, 0.15) is 11.5 Å². The number of rotatable bonds is 6. The molecular formula is C20H22FN3O3. The highest BCUT2D eigenvalue weighted by Gasteiger charge is 2.26. The molecule has 0 fully saturated rings. The van der Waals surface area contributed by atoms with E-state index in [1.807, 2.05) is 0 Å². The summed E-state index contributed by atoms with van der Waals surface area (Å²) in [5.41, 5.74) is 3.30. The van der Waals surface area contributed by atoms with E-state index < -0.39 is 0 Å². The van der Waals surface area contributed by atoms with Gasteiger partial charge >= 0.3 is 0 Å². The molecule has 1 aliphatic carbocycles. The average Bonchev–Trinajstić information content (AvgIpc) is 2.99. The van der Waals surface area contributed by atoms with Crippen LogP contribution < -0.4 is 10.6 Å². The Kier molecular flexibility index (Phi) is 5.69. The van der Waals surface area contributed by atoms with Crippen molar-refractivity contribution in [1.82, 2.24) is 15.6 Å². The number of aromatic amines is 1. The second kappa shape index (κ2) is 8.16. The number of halogens is 1. The summed E-state index contributed by atoms with van der Waals surface area (Å²) in [6, 6.07) is 5.75. The molecule has 2 aromatic rings. The highest BCUT2D eigenvalue weighted by molar-refractivity contribution is 6.04. The summed E-state index contributed by atoms with van der Waals surface area (Å²) in [5, 5.41) is 5.46. The molecule has 2 amide bonds. The van der Waals surface area contributed by atoms with Crippen LogP contribution in [0.2, 0.25) is 0 Å². The summed E-state index contributed by atoms with van der Waals surface area (Å²) in [6.07, 6.45) is 2.24. The molecule has 0 spiro atoms. The Labute approximate surface area is 156 Å². The normalized spacial score (nSPS) is 13.2. The van der Waals surface area contributed by atoms with Crippen LogP contribution in [0.3, 0.4) is 0 Å². The molecule has 0 unspecified atom stereocenters. The zero-order valence-electron chi connectivity index (χ0n) is 15.2. The Hall–Kier alpha value is -2.96. The second-order valence-electron chi connectivity index (χ2n) is 6.66. The quantitative estimate of drug-likeness (QED) is 0.679. The summed E-state index contributed by atoms with van der Waals surface area (Å²) in [6.45, 7) is 2.33. The third-order valence-corrected chi connectivity index (χ3v) is 4.67. The third kappa shape index (κ3) is 4.42. The number of carbonyl (C=O) groups excluding carboxylic acids is 3. The van der Waals surface area contributed by atoms with Gasteiger partial charge < -0.3 is 15.6 Å². The number of aryl methyl sites for hydroxylation is 1. The minimum atomic E-state index is -0.343. The van der Waals surface area contributed by atoms with Gasteiger partial charge in [0.05, 0.1) is 6.42 Å². The van der Waals surface area contributed by atoms with Crippen molar-refractivity contribution in [2.24, 2.45) is 0 Å². The summed E-state index contributed by atoms with van der Waals surface area (Å²) >= 11 is 0. The summed E-state index contributed by atoms with van der Waals surface area (Å²) < 4.78 is 12.9. The van der Waals surface area contributed by atoms with Gasteiger partial charge in [0, 0.05) is 30.8 Å². The highest BCUT2D eigenvalue weighted by Crippen LogP contribution is 2.26. The number of carbonyl (C=O) groups is 3. The van der Waals surface area contributed by atoms with Gasteiger partial charge in [0.25, 0.3) is 5.91 Å². The van der Waals surface area contributed by atoms with E-state index in [1.165, 1.54) is 12.1 Å². The fourth-order valence-electron chi connectivity index (χ4n) is 3.32. The average molecular weight is 371 g/mol. The van der Waals surface area contributed by atoms with E-state index in [4.69, 9.17) is 0 Å². The van der Waals surface area contributed by atoms with Crippen molar-refractivity contribution in [2.75, 3.05) is 13.1 Å². The van der Waals surface area contributed by atoms with Crippen molar-refractivity contribution < 1.29 is 18.8 Å². The highest BCUT2D eigenvalue weighted by atomic mass is 19.1. The SMILES string of the molecule is Cc1c(C(=O)NCCNC(=O)Cc2ccc(F)cc2)[nH]c2c1C(=O)CCC2. The predicted molar refractivity (Wildman–Crippen MR) is 98.2 cm³/mol. The Balaban J connectivity index is 1.47. The molecule has 6 nitrogen and oxygen atoms in total. The van der Waals surface area contributed by atoms with Crippen molar-refractivity contribution in [3.8, 4) is 0 Å². The summed E-state index contributed by atoms with van der Waals surface area (Å²) in [5.74, 6) is -0.752. The number of amides is 2. The van der Waals surface area contributed by atoms with Crippen molar-refractivity contribution in [3.63, 3.8) is 0 Å². The van der Waals surface area contributed by atoms with Gasteiger partial charge in [-0.25, -0.2) is 4.39 Å². The van der Waals surface area contributed by atoms with Crippen molar-refractivity contribution in [1.29, 1.82) is 0 Å². The first kappa shape index (κ1) is 18.8. The second-order valence-corrected chi connectivity index (χ2v) is 6.66. The molecule has 1 aromatic heterocycles. The number of H-pyrrole nitrogens is 1. The van der Waals surface area contributed by atoms with E-state index in [9.17, 15) is 18.8 Å². The Morgan fingerprint density at radius 2 is 1.81 bits per heavy atom. The largest absolute Gasteiger partial charge is 0.354 e. The number of Topliss-reactive ketones (excluding diaryl/α,β-unsaturated/α-hetero) is 1. The Morgan fingerprint density at radius 1 is 1.11 bits per heavy atom. The fourth-order valence-corrected chi connectivity index (χ4v) is 3.32. The summed E-state index contributed by atoms with van der Waals surface area (Å²) in [7, 11) is 0. The zero-order valence-corrected chi connectivity index (χ0v) is 15.2. The molecular weight excluding hydrogens is 349 g/mol. The van der Waals surface area contributed by atoms with Crippen LogP contribution in [-0.4, -0.2) is 35.7 Å². The van der Waals surface area contributed by atoms with Crippen LogP contribution in [0.15, 0.2) is 24.3 Å². The van der Waals surface area contributed by atoms with Crippen LogP contribution >= 0.6 is 0 Å². The number of hydrogen-bond donors (Lipinski definition) is 3. The third-order valence-electron chi connectivity index (χ3n) is 4.67. The van der Waals surface area contributed by atoms with E-state index in [0.29, 0.717) is 23.2 Å². The van der Waals surface area contributed by atoms with E-state index >= 15 is 0 Å². The van der Waals surface area contributed by atoms with E-state index in [-0.39, 0.29) is 42.9 Å². The van der Waals surface area contributed by atoms with Crippen LogP contribution in [0.1, 0.15) is 50.5 Å². The molecule has 0 aliphatic heterocycles. The molecule has 7 heteroatoms. The molecule has 3 N–H and O–H groups in total. The number of fused-ring (bicyclic) bond motifs is 1. The molecule has 142 valence electrons. The lowest BCUT2D eigenvalue weighted by atomic mass is 9.94. The maximum atomic E-state index is 12.9. The van der Waals surface area contributed by atoms with Crippen LogP contribution in [-0.2, 0) is 17.6 Å². The van der Waals surface area contributed by atoms with Crippen LogP contribution in [0.25, 0.3) is 0 Å². The lowest BCUT2D eigenvalue weighted by Gasteiger charge is -2.09. The van der Waals surface area contributed by atoms with Crippen LogP contribution in [0.4, 0.5) is 4.39 Å². The monoisotopic (exact) mass is 371 g/mol. The lowest BCUT2D eigenvalue weighted by Crippen LogP contribution is -2.35. The van der Waals surface area contributed by atoms with Gasteiger partial charge in [-0.1, -0.05) is 12.1 Å². The maximum absolute atomic E-state index is 12.9. The van der Waals surface area contributed by atoms with E-state index in [2.05, 4.69) is 15.6 Å². The van der Waals surface area contributed by atoms with E-state index in [0.717, 1.165) is 24.1 Å². The van der Waals surface area contributed by atoms with Gasteiger partial charge in [0.15, 0.2) is 5.78 Å². The Morgan fingerprint density at radius 3 is 2.52 bits per heavy atom. The Bertz CT molecular complexity index is 871. The first-order chi connectivity index (χ1) is 13.0. The smallest absolute Gasteiger partial charge is 0.268 e. The molecule has 1 aromatic carbocycles. The van der Waals surface area contributed by atoms with Gasteiger partial charge in [0.2, 0.25) is 5.91 Å². The number of ketones is 1. The maximum Gasteiger partial charge on any atom is 0.268 e. The number of aromatic nitrogens is 1. The van der Waals surface area contributed by atoms with Crippen LogP contribution in [0, 0.1) is 12.7 Å². The van der Waals surface area contributed by atoms with Gasteiger partial charge in [-0.3, -0.25) is 14.4 Å². The minimum absolute atomic E-state index is 0.0807. The molecule has 0 saturated carbocycles. The topological polar surface area (TPSA) is 91.1 Å². The van der Waals surface area contributed by atoms with Crippen molar-refractivity contribution in [3.05, 3.63) is 58.2 Å². The molecule has 1 heterocycles. The van der Waals surface area contributed by atoms with Crippen molar-refractivity contribution >= 4 is 17.6 Å². The molecule has 3 rings (SSSR count). The van der Waals surface area contributed by atoms with Gasteiger partial charge in [-0.05, 0) is 43.0 Å². The van der Waals surface area contributed by atoms with Crippen molar-refractivity contribution in [2.45, 2.75) is 32.6 Å². The first-order valence-electron chi connectivity index (χ1n) is 8.99. The standard InChI is InChI=1S/C20H22FN3O3/c1-12-18-15(3-2-4-16(18)25)24-19(12)20(27)23-10-9-22-17(26)11-13-5-7-14(21)8-6-13/h5-8,24H,2-4,9-11H2,1H3,(H,22,26)(H,23,27). The zero-order chi connectivity index (χ0) is 19.4. The first-order valence-corrected chi connectivity index (χ1v) is 8.99. The molecule has 1 aliphatic rings. The number of benzene rings is 1. The van der Waals surface area contributed by atoms with Gasteiger partial charge in [-0.2, -0.15) is 0 Å². The number of nitrogens with one attached hydrogen (secondary N) is 3.